The van der Waals surface area contributed by atoms with Crippen LogP contribution < -0.4 is 5.32 Å². The largest absolute Gasteiger partial charge is 0.396 e. The minimum atomic E-state index is 0.372. The molecule has 1 heterocycles. The lowest BCUT2D eigenvalue weighted by Crippen LogP contribution is -2.49. The Morgan fingerprint density at radius 2 is 2.07 bits per heavy atom. The molecule has 0 bridgehead atoms. The number of aliphatic hydroxyl groups is 1. The Bertz CT molecular complexity index is 189. The van der Waals surface area contributed by atoms with Gasteiger partial charge < -0.3 is 10.4 Å². The average molecular weight is 197 g/mol. The van der Waals surface area contributed by atoms with Gasteiger partial charge in [-0.05, 0) is 49.5 Å². The number of aliphatic hydroxyl groups excluding tert-OH is 1. The molecule has 3 atom stereocenters. The van der Waals surface area contributed by atoms with Gasteiger partial charge in [0.05, 0.1) is 0 Å². The van der Waals surface area contributed by atoms with Crippen LogP contribution in [0.3, 0.4) is 0 Å². The first-order chi connectivity index (χ1) is 6.72. The molecule has 1 saturated heterocycles. The van der Waals surface area contributed by atoms with E-state index in [0.29, 0.717) is 18.6 Å². The molecule has 0 amide bonds. The molecule has 1 aliphatic carbocycles. The van der Waals surface area contributed by atoms with Crippen molar-refractivity contribution in [1.82, 2.24) is 5.32 Å². The van der Waals surface area contributed by atoms with E-state index in [1.807, 2.05) is 0 Å². The SMILES string of the molecule is CC(C)C1CNC(C2CC2)C(CO)C1. The molecule has 14 heavy (non-hydrogen) atoms. The highest BCUT2D eigenvalue weighted by Gasteiger charge is 2.40. The van der Waals surface area contributed by atoms with Crippen LogP contribution in [0.4, 0.5) is 0 Å². The number of hydrogen-bond donors (Lipinski definition) is 2. The molecular formula is C12H23NO. The molecule has 2 aliphatic rings. The molecule has 2 heteroatoms. The Hall–Kier alpha value is -0.0800. The van der Waals surface area contributed by atoms with Crippen LogP contribution >= 0.6 is 0 Å². The average Bonchev–Trinajstić information content (AvgIpc) is 3.00. The molecular weight excluding hydrogens is 174 g/mol. The molecule has 1 aliphatic heterocycles. The Morgan fingerprint density at radius 3 is 2.57 bits per heavy atom. The van der Waals surface area contributed by atoms with Crippen molar-refractivity contribution in [2.75, 3.05) is 13.2 Å². The Kier molecular flexibility index (Phi) is 3.13. The van der Waals surface area contributed by atoms with E-state index in [1.54, 1.807) is 0 Å². The fourth-order valence-corrected chi connectivity index (χ4v) is 2.78. The van der Waals surface area contributed by atoms with E-state index in [1.165, 1.54) is 19.3 Å². The zero-order chi connectivity index (χ0) is 10.1. The summed E-state index contributed by atoms with van der Waals surface area (Å²) >= 11 is 0. The summed E-state index contributed by atoms with van der Waals surface area (Å²) < 4.78 is 0. The van der Waals surface area contributed by atoms with Gasteiger partial charge in [0.15, 0.2) is 0 Å². The van der Waals surface area contributed by atoms with Crippen molar-refractivity contribution in [3.8, 4) is 0 Å². The van der Waals surface area contributed by atoms with Crippen molar-refractivity contribution in [2.24, 2.45) is 23.7 Å². The van der Waals surface area contributed by atoms with Crippen molar-refractivity contribution in [3.05, 3.63) is 0 Å². The molecule has 0 radical (unpaired) electrons. The van der Waals surface area contributed by atoms with Crippen LogP contribution in [-0.2, 0) is 0 Å². The summed E-state index contributed by atoms with van der Waals surface area (Å²) in [6.07, 6.45) is 3.98. The maximum atomic E-state index is 9.40. The minimum absolute atomic E-state index is 0.372. The first-order valence-electron chi connectivity index (χ1n) is 6.06. The van der Waals surface area contributed by atoms with Gasteiger partial charge >= 0.3 is 0 Å². The highest BCUT2D eigenvalue weighted by atomic mass is 16.3. The van der Waals surface area contributed by atoms with Crippen LogP contribution in [0.15, 0.2) is 0 Å². The quantitative estimate of drug-likeness (QED) is 0.721. The zero-order valence-corrected chi connectivity index (χ0v) is 9.37. The van der Waals surface area contributed by atoms with Gasteiger partial charge in [-0.2, -0.15) is 0 Å². The summed E-state index contributed by atoms with van der Waals surface area (Å²) in [5.74, 6) is 2.91. The van der Waals surface area contributed by atoms with Gasteiger partial charge in [0, 0.05) is 12.6 Å². The molecule has 0 aromatic heterocycles. The summed E-state index contributed by atoms with van der Waals surface area (Å²) in [5.41, 5.74) is 0. The highest BCUT2D eigenvalue weighted by Crippen LogP contribution is 2.40. The maximum absolute atomic E-state index is 9.40. The number of nitrogens with one attached hydrogen (secondary N) is 1. The summed E-state index contributed by atoms with van der Waals surface area (Å²) in [7, 11) is 0. The summed E-state index contributed by atoms with van der Waals surface area (Å²) in [4.78, 5) is 0. The molecule has 0 aromatic carbocycles. The summed E-state index contributed by atoms with van der Waals surface area (Å²) in [6.45, 7) is 6.11. The topological polar surface area (TPSA) is 32.3 Å². The van der Waals surface area contributed by atoms with E-state index in [0.717, 1.165) is 24.3 Å². The normalized spacial score (nSPS) is 39.0. The Balaban J connectivity index is 1.92. The van der Waals surface area contributed by atoms with Crippen molar-refractivity contribution < 1.29 is 5.11 Å². The molecule has 0 aromatic rings. The molecule has 1 saturated carbocycles. The lowest BCUT2D eigenvalue weighted by molar-refractivity contribution is 0.105. The number of hydrogen-bond acceptors (Lipinski definition) is 2. The van der Waals surface area contributed by atoms with Gasteiger partial charge in [0.1, 0.15) is 0 Å². The lowest BCUT2D eigenvalue weighted by atomic mass is 9.78. The van der Waals surface area contributed by atoms with E-state index in [-0.39, 0.29) is 0 Å². The van der Waals surface area contributed by atoms with Gasteiger partial charge in [-0.1, -0.05) is 13.8 Å². The summed E-state index contributed by atoms with van der Waals surface area (Å²) in [6, 6.07) is 0.620. The lowest BCUT2D eigenvalue weighted by Gasteiger charge is -2.38. The van der Waals surface area contributed by atoms with Gasteiger partial charge in [0.2, 0.25) is 0 Å². The van der Waals surface area contributed by atoms with Gasteiger partial charge in [-0.3, -0.25) is 0 Å². The molecule has 2 rings (SSSR count). The van der Waals surface area contributed by atoms with Crippen molar-refractivity contribution in [2.45, 2.75) is 39.2 Å². The fraction of sp³-hybridized carbons (Fsp3) is 1.00. The smallest absolute Gasteiger partial charge is 0.0474 e. The van der Waals surface area contributed by atoms with Crippen LogP contribution in [0.2, 0.25) is 0 Å². The summed E-state index contributed by atoms with van der Waals surface area (Å²) in [5, 5.41) is 13.1. The molecule has 0 spiro atoms. The standard InChI is InChI=1S/C12H23NO/c1-8(2)10-5-11(7-14)12(13-6-10)9-3-4-9/h8-14H,3-7H2,1-2H3. The van der Waals surface area contributed by atoms with Crippen LogP contribution in [0.25, 0.3) is 0 Å². The van der Waals surface area contributed by atoms with Gasteiger partial charge in [-0.25, -0.2) is 0 Å². The maximum Gasteiger partial charge on any atom is 0.0474 e. The van der Waals surface area contributed by atoms with Crippen LogP contribution in [-0.4, -0.2) is 24.3 Å². The van der Waals surface area contributed by atoms with E-state index in [2.05, 4.69) is 19.2 Å². The Labute approximate surface area is 87.1 Å². The third-order valence-electron chi connectivity index (χ3n) is 4.04. The van der Waals surface area contributed by atoms with Crippen LogP contribution in [0, 0.1) is 23.7 Å². The van der Waals surface area contributed by atoms with Gasteiger partial charge in [0.25, 0.3) is 0 Å². The molecule has 82 valence electrons. The zero-order valence-electron chi connectivity index (χ0n) is 9.37. The second-order valence-electron chi connectivity index (χ2n) is 5.45. The van der Waals surface area contributed by atoms with E-state index in [9.17, 15) is 5.11 Å². The number of rotatable bonds is 3. The van der Waals surface area contributed by atoms with Crippen molar-refractivity contribution in [1.29, 1.82) is 0 Å². The van der Waals surface area contributed by atoms with Gasteiger partial charge in [-0.15, -0.1) is 0 Å². The second kappa shape index (κ2) is 4.19. The van der Waals surface area contributed by atoms with E-state index < -0.39 is 0 Å². The third kappa shape index (κ3) is 2.12. The highest BCUT2D eigenvalue weighted by molar-refractivity contribution is 4.95. The minimum Gasteiger partial charge on any atom is -0.396 e. The van der Waals surface area contributed by atoms with E-state index >= 15 is 0 Å². The van der Waals surface area contributed by atoms with Crippen molar-refractivity contribution in [3.63, 3.8) is 0 Å². The Morgan fingerprint density at radius 1 is 1.36 bits per heavy atom. The van der Waals surface area contributed by atoms with Crippen molar-refractivity contribution >= 4 is 0 Å². The molecule has 3 unspecified atom stereocenters. The molecule has 2 nitrogen and oxygen atoms in total. The molecule has 2 fully saturated rings. The third-order valence-corrected chi connectivity index (χ3v) is 4.04. The van der Waals surface area contributed by atoms with Crippen LogP contribution in [0.1, 0.15) is 33.1 Å². The first kappa shape index (κ1) is 10.4. The van der Waals surface area contributed by atoms with E-state index in [4.69, 9.17) is 0 Å². The number of piperidine rings is 1. The monoisotopic (exact) mass is 197 g/mol. The first-order valence-corrected chi connectivity index (χ1v) is 6.06. The predicted octanol–water partition coefficient (Wildman–Crippen LogP) is 1.64. The van der Waals surface area contributed by atoms with Crippen LogP contribution in [0.5, 0.6) is 0 Å². The fourth-order valence-electron chi connectivity index (χ4n) is 2.78. The molecule has 2 N–H and O–H groups in total. The predicted molar refractivity (Wildman–Crippen MR) is 58.0 cm³/mol. The second-order valence-corrected chi connectivity index (χ2v) is 5.45.